The molecule has 0 aromatic heterocycles. The minimum atomic E-state index is -0.0433. The van der Waals surface area contributed by atoms with Gasteiger partial charge in [-0.2, -0.15) is 0 Å². The molecule has 1 aliphatic rings. The molecule has 0 bridgehead atoms. The first-order valence-electron chi connectivity index (χ1n) is 9.23. The standard InChI is InChI=1S/C18H38N2/c1-2-3-4-5-6-7-8-9-10-12-15-18(20)16-13-11-14-17(18)19/h17H,2-16,19-20H2,1H3. The zero-order valence-corrected chi connectivity index (χ0v) is 13.8. The van der Waals surface area contributed by atoms with Crippen LogP contribution in [-0.4, -0.2) is 11.6 Å². The van der Waals surface area contributed by atoms with Gasteiger partial charge in [0.05, 0.1) is 0 Å². The predicted octanol–water partition coefficient (Wildman–Crippen LogP) is 4.90. The maximum Gasteiger partial charge on any atom is 0.0307 e. The zero-order valence-electron chi connectivity index (χ0n) is 13.8. The number of rotatable bonds is 11. The second-order valence-electron chi connectivity index (χ2n) is 7.02. The van der Waals surface area contributed by atoms with Crippen LogP contribution in [0.2, 0.25) is 0 Å². The van der Waals surface area contributed by atoms with Crippen LogP contribution in [0.5, 0.6) is 0 Å². The third-order valence-electron chi connectivity index (χ3n) is 5.14. The van der Waals surface area contributed by atoms with Gasteiger partial charge in [-0.3, -0.25) is 0 Å². The van der Waals surface area contributed by atoms with Crippen molar-refractivity contribution >= 4 is 0 Å². The van der Waals surface area contributed by atoms with E-state index in [-0.39, 0.29) is 11.6 Å². The second-order valence-corrected chi connectivity index (χ2v) is 7.02. The summed E-state index contributed by atoms with van der Waals surface area (Å²) in [5.41, 5.74) is 12.7. The maximum absolute atomic E-state index is 6.49. The van der Waals surface area contributed by atoms with Crippen molar-refractivity contribution in [2.75, 3.05) is 0 Å². The Labute approximate surface area is 127 Å². The molecule has 1 aliphatic carbocycles. The van der Waals surface area contributed by atoms with E-state index in [0.717, 1.165) is 19.3 Å². The zero-order chi connectivity index (χ0) is 14.7. The highest BCUT2D eigenvalue weighted by molar-refractivity contribution is 4.96. The lowest BCUT2D eigenvalue weighted by molar-refractivity contribution is 0.231. The van der Waals surface area contributed by atoms with Gasteiger partial charge in [-0.1, -0.05) is 84.0 Å². The number of hydrogen-bond donors (Lipinski definition) is 2. The van der Waals surface area contributed by atoms with Gasteiger partial charge in [0.15, 0.2) is 0 Å². The maximum atomic E-state index is 6.49. The molecule has 1 fully saturated rings. The lowest BCUT2D eigenvalue weighted by Crippen LogP contribution is -2.56. The van der Waals surface area contributed by atoms with Gasteiger partial charge in [-0.25, -0.2) is 0 Å². The first-order valence-corrected chi connectivity index (χ1v) is 9.23. The SMILES string of the molecule is CCCCCCCCCCCCC1(N)CCCCC1N. The van der Waals surface area contributed by atoms with E-state index in [1.54, 1.807) is 0 Å². The van der Waals surface area contributed by atoms with Gasteiger partial charge >= 0.3 is 0 Å². The number of unbranched alkanes of at least 4 members (excludes halogenated alkanes) is 9. The van der Waals surface area contributed by atoms with Gasteiger partial charge in [0.2, 0.25) is 0 Å². The van der Waals surface area contributed by atoms with Gasteiger partial charge in [0.25, 0.3) is 0 Å². The molecule has 0 heterocycles. The average Bonchev–Trinajstić information content (AvgIpc) is 2.44. The summed E-state index contributed by atoms with van der Waals surface area (Å²) in [4.78, 5) is 0. The van der Waals surface area contributed by atoms with E-state index in [2.05, 4.69) is 6.92 Å². The molecule has 2 nitrogen and oxygen atoms in total. The minimum Gasteiger partial charge on any atom is -0.326 e. The van der Waals surface area contributed by atoms with Gasteiger partial charge in [-0.15, -0.1) is 0 Å². The number of hydrogen-bond acceptors (Lipinski definition) is 2. The Bertz CT molecular complexity index is 229. The second kappa shape index (κ2) is 10.6. The van der Waals surface area contributed by atoms with Crippen molar-refractivity contribution in [3.8, 4) is 0 Å². The normalized spacial score (nSPS) is 26.9. The predicted molar refractivity (Wildman–Crippen MR) is 89.8 cm³/mol. The molecule has 0 amide bonds. The van der Waals surface area contributed by atoms with Crippen molar-refractivity contribution in [1.82, 2.24) is 0 Å². The molecule has 2 unspecified atom stereocenters. The van der Waals surface area contributed by atoms with Crippen LogP contribution >= 0.6 is 0 Å². The minimum absolute atomic E-state index is 0.0433. The summed E-state index contributed by atoms with van der Waals surface area (Å²) in [5.74, 6) is 0. The van der Waals surface area contributed by atoms with Crippen LogP contribution in [0.25, 0.3) is 0 Å². The van der Waals surface area contributed by atoms with Crippen LogP contribution in [0.1, 0.15) is 103 Å². The molecule has 1 rings (SSSR count). The van der Waals surface area contributed by atoms with E-state index in [4.69, 9.17) is 11.5 Å². The van der Waals surface area contributed by atoms with Crippen molar-refractivity contribution in [3.63, 3.8) is 0 Å². The monoisotopic (exact) mass is 282 g/mol. The van der Waals surface area contributed by atoms with E-state index < -0.39 is 0 Å². The van der Waals surface area contributed by atoms with Crippen LogP contribution in [0, 0.1) is 0 Å². The summed E-state index contributed by atoms with van der Waals surface area (Å²) < 4.78 is 0. The van der Waals surface area contributed by atoms with E-state index in [9.17, 15) is 0 Å². The molecule has 0 aliphatic heterocycles. The van der Waals surface area contributed by atoms with Crippen molar-refractivity contribution < 1.29 is 0 Å². The largest absolute Gasteiger partial charge is 0.326 e. The van der Waals surface area contributed by atoms with E-state index in [0.29, 0.717) is 0 Å². The highest BCUT2D eigenvalue weighted by Crippen LogP contribution is 2.29. The third-order valence-corrected chi connectivity index (χ3v) is 5.14. The Morgan fingerprint density at radius 3 is 1.95 bits per heavy atom. The Kier molecular flexibility index (Phi) is 9.54. The molecule has 20 heavy (non-hydrogen) atoms. The molecule has 1 saturated carbocycles. The van der Waals surface area contributed by atoms with E-state index in [1.165, 1.54) is 77.0 Å². The Morgan fingerprint density at radius 1 is 0.850 bits per heavy atom. The molecule has 120 valence electrons. The average molecular weight is 283 g/mol. The summed E-state index contributed by atoms with van der Waals surface area (Å²) in [6.45, 7) is 2.28. The van der Waals surface area contributed by atoms with E-state index >= 15 is 0 Å². The quantitative estimate of drug-likeness (QED) is 0.530. The van der Waals surface area contributed by atoms with Crippen LogP contribution in [-0.2, 0) is 0 Å². The molecule has 4 N–H and O–H groups in total. The summed E-state index contributed by atoms with van der Waals surface area (Å²) in [7, 11) is 0. The molecular weight excluding hydrogens is 244 g/mol. The van der Waals surface area contributed by atoms with Gasteiger partial charge in [0, 0.05) is 11.6 Å². The van der Waals surface area contributed by atoms with Crippen LogP contribution in [0.15, 0.2) is 0 Å². The van der Waals surface area contributed by atoms with Crippen LogP contribution < -0.4 is 11.5 Å². The lowest BCUT2D eigenvalue weighted by atomic mass is 9.75. The summed E-state index contributed by atoms with van der Waals surface area (Å²) in [6.07, 6.45) is 19.9. The van der Waals surface area contributed by atoms with E-state index in [1.807, 2.05) is 0 Å². The topological polar surface area (TPSA) is 52.0 Å². The Hall–Kier alpha value is -0.0800. The highest BCUT2D eigenvalue weighted by Gasteiger charge is 2.33. The smallest absolute Gasteiger partial charge is 0.0307 e. The summed E-state index contributed by atoms with van der Waals surface area (Å²) >= 11 is 0. The van der Waals surface area contributed by atoms with Crippen molar-refractivity contribution in [3.05, 3.63) is 0 Å². The molecule has 2 atom stereocenters. The summed E-state index contributed by atoms with van der Waals surface area (Å²) in [5, 5.41) is 0. The molecule has 0 spiro atoms. The van der Waals surface area contributed by atoms with Crippen LogP contribution in [0.4, 0.5) is 0 Å². The number of nitrogens with two attached hydrogens (primary N) is 2. The Balaban J connectivity index is 1.91. The first-order chi connectivity index (χ1) is 9.69. The van der Waals surface area contributed by atoms with Crippen LogP contribution in [0.3, 0.4) is 0 Å². The highest BCUT2D eigenvalue weighted by atomic mass is 14.9. The van der Waals surface area contributed by atoms with Crippen molar-refractivity contribution in [2.24, 2.45) is 11.5 Å². The molecular formula is C18H38N2. The first kappa shape index (κ1) is 18.0. The summed E-state index contributed by atoms with van der Waals surface area (Å²) in [6, 6.07) is 0.245. The molecule has 0 aromatic rings. The van der Waals surface area contributed by atoms with Gasteiger partial charge in [0.1, 0.15) is 0 Å². The molecule has 0 saturated heterocycles. The Morgan fingerprint density at radius 2 is 1.40 bits per heavy atom. The fraction of sp³-hybridized carbons (Fsp3) is 1.00. The fourth-order valence-corrected chi connectivity index (χ4v) is 3.54. The van der Waals surface area contributed by atoms with Gasteiger partial charge in [-0.05, 0) is 19.3 Å². The molecule has 0 aromatic carbocycles. The molecule has 0 radical (unpaired) electrons. The van der Waals surface area contributed by atoms with Crippen molar-refractivity contribution in [1.29, 1.82) is 0 Å². The lowest BCUT2D eigenvalue weighted by Gasteiger charge is -2.39. The fourth-order valence-electron chi connectivity index (χ4n) is 3.54. The molecule has 2 heteroatoms. The third kappa shape index (κ3) is 7.08. The van der Waals surface area contributed by atoms with Crippen molar-refractivity contribution in [2.45, 2.75) is 115 Å². The van der Waals surface area contributed by atoms with Gasteiger partial charge < -0.3 is 11.5 Å².